The third-order valence-electron chi connectivity index (χ3n) is 4.75. The van der Waals surface area contributed by atoms with Crippen molar-refractivity contribution in [1.29, 1.82) is 0 Å². The summed E-state index contributed by atoms with van der Waals surface area (Å²) < 4.78 is 5.27. The number of carbonyl (C=O) groups is 1. The second-order valence-corrected chi connectivity index (χ2v) is 6.09. The molecule has 5 heteroatoms. The molecule has 22 heavy (non-hydrogen) atoms. The number of methoxy groups -OCH3 is 1. The van der Waals surface area contributed by atoms with Gasteiger partial charge in [-0.05, 0) is 56.0 Å². The summed E-state index contributed by atoms with van der Waals surface area (Å²) >= 11 is 0. The van der Waals surface area contributed by atoms with Crippen LogP contribution < -0.4 is 9.64 Å². The standard InChI is InChI=1S/C17H24N2O3/c1-22-15-6-7-16-13(10-15)4-2-9-19(16)17(21)11-18-8-3-5-14(18)12-20/h6-7,10,14,20H,2-5,8-9,11-12H2,1H3/t14-/m1/s1. The van der Waals surface area contributed by atoms with E-state index in [9.17, 15) is 9.90 Å². The lowest BCUT2D eigenvalue weighted by Crippen LogP contribution is -2.45. The average Bonchev–Trinajstić information content (AvgIpc) is 3.00. The van der Waals surface area contributed by atoms with Crippen molar-refractivity contribution in [1.82, 2.24) is 4.90 Å². The van der Waals surface area contributed by atoms with Gasteiger partial charge < -0.3 is 14.7 Å². The third-order valence-corrected chi connectivity index (χ3v) is 4.75. The normalized spacial score (nSPS) is 21.7. The van der Waals surface area contributed by atoms with Gasteiger partial charge in [-0.2, -0.15) is 0 Å². The number of aliphatic hydroxyl groups is 1. The van der Waals surface area contributed by atoms with Crippen molar-refractivity contribution in [2.75, 3.05) is 38.3 Å². The molecule has 3 rings (SSSR count). The number of likely N-dealkylation sites (tertiary alicyclic amines) is 1. The summed E-state index contributed by atoms with van der Waals surface area (Å²) in [7, 11) is 1.66. The molecule has 0 bridgehead atoms. The van der Waals surface area contributed by atoms with Gasteiger partial charge >= 0.3 is 0 Å². The number of hydrogen-bond acceptors (Lipinski definition) is 4. The minimum atomic E-state index is 0.131. The predicted octanol–water partition coefficient (Wildman–Crippen LogP) is 1.43. The lowest BCUT2D eigenvalue weighted by Gasteiger charge is -2.32. The number of anilines is 1. The molecular weight excluding hydrogens is 280 g/mol. The number of fused-ring (bicyclic) bond motifs is 1. The van der Waals surface area contributed by atoms with Crippen molar-refractivity contribution in [2.45, 2.75) is 31.7 Å². The number of carbonyl (C=O) groups excluding carboxylic acids is 1. The summed E-state index contributed by atoms with van der Waals surface area (Å²) in [5.41, 5.74) is 2.19. The highest BCUT2D eigenvalue weighted by molar-refractivity contribution is 5.96. The van der Waals surface area contributed by atoms with E-state index in [1.54, 1.807) is 7.11 Å². The molecule has 1 saturated heterocycles. The Bertz CT molecular complexity index is 547. The molecule has 0 saturated carbocycles. The smallest absolute Gasteiger partial charge is 0.241 e. The van der Waals surface area contributed by atoms with Gasteiger partial charge in [0.1, 0.15) is 5.75 Å². The van der Waals surface area contributed by atoms with Crippen LogP contribution in [0.2, 0.25) is 0 Å². The van der Waals surface area contributed by atoms with Crippen LogP contribution in [-0.4, -0.2) is 55.3 Å². The third kappa shape index (κ3) is 2.96. The van der Waals surface area contributed by atoms with Crippen LogP contribution in [0.25, 0.3) is 0 Å². The van der Waals surface area contributed by atoms with Gasteiger partial charge in [-0.1, -0.05) is 0 Å². The van der Waals surface area contributed by atoms with E-state index >= 15 is 0 Å². The van der Waals surface area contributed by atoms with Crippen molar-refractivity contribution in [2.24, 2.45) is 0 Å². The Morgan fingerprint density at radius 1 is 1.36 bits per heavy atom. The Morgan fingerprint density at radius 2 is 2.23 bits per heavy atom. The number of aryl methyl sites for hydroxylation is 1. The summed E-state index contributed by atoms with van der Waals surface area (Å²) in [6.07, 6.45) is 4.01. The first-order valence-corrected chi connectivity index (χ1v) is 8.05. The first-order chi connectivity index (χ1) is 10.7. The average molecular weight is 304 g/mol. The van der Waals surface area contributed by atoms with Gasteiger partial charge in [-0.15, -0.1) is 0 Å². The van der Waals surface area contributed by atoms with E-state index in [0.717, 1.165) is 50.2 Å². The van der Waals surface area contributed by atoms with Crippen molar-refractivity contribution >= 4 is 11.6 Å². The molecule has 0 radical (unpaired) electrons. The van der Waals surface area contributed by atoms with Crippen LogP contribution in [0.1, 0.15) is 24.8 Å². The second kappa shape index (κ2) is 6.67. The summed E-state index contributed by atoms with van der Waals surface area (Å²) in [6, 6.07) is 6.07. The zero-order valence-corrected chi connectivity index (χ0v) is 13.1. The maximum absolute atomic E-state index is 12.7. The topological polar surface area (TPSA) is 53.0 Å². The van der Waals surface area contributed by atoms with E-state index in [1.807, 2.05) is 23.1 Å². The first kappa shape index (κ1) is 15.3. The van der Waals surface area contributed by atoms with Gasteiger partial charge in [0.15, 0.2) is 0 Å². The maximum Gasteiger partial charge on any atom is 0.241 e. The molecular formula is C17H24N2O3. The number of ether oxygens (including phenoxy) is 1. The van der Waals surface area contributed by atoms with Crippen molar-refractivity contribution in [3.8, 4) is 5.75 Å². The van der Waals surface area contributed by atoms with Crippen molar-refractivity contribution in [3.05, 3.63) is 23.8 Å². The van der Waals surface area contributed by atoms with Crippen LogP contribution in [-0.2, 0) is 11.2 Å². The molecule has 1 amide bonds. The number of nitrogens with zero attached hydrogens (tertiary/aromatic N) is 2. The lowest BCUT2D eigenvalue weighted by atomic mass is 10.0. The minimum Gasteiger partial charge on any atom is -0.497 e. The van der Waals surface area contributed by atoms with Crippen LogP contribution in [0, 0.1) is 0 Å². The fraction of sp³-hybridized carbons (Fsp3) is 0.588. The summed E-state index contributed by atoms with van der Waals surface area (Å²) in [5, 5.41) is 9.39. The zero-order chi connectivity index (χ0) is 15.5. The van der Waals surface area contributed by atoms with Crippen LogP contribution >= 0.6 is 0 Å². The Kier molecular flexibility index (Phi) is 4.64. The molecule has 2 aliphatic heterocycles. The van der Waals surface area contributed by atoms with E-state index in [1.165, 1.54) is 5.56 Å². The summed E-state index contributed by atoms with van der Waals surface area (Å²) in [5.74, 6) is 0.972. The van der Waals surface area contributed by atoms with Gasteiger partial charge in [-0.25, -0.2) is 0 Å². The number of benzene rings is 1. The van der Waals surface area contributed by atoms with Crippen molar-refractivity contribution < 1.29 is 14.6 Å². The molecule has 0 aromatic heterocycles. The summed E-state index contributed by atoms with van der Waals surface area (Å²) in [6.45, 7) is 2.22. The zero-order valence-electron chi connectivity index (χ0n) is 13.1. The molecule has 1 N–H and O–H groups in total. The van der Waals surface area contributed by atoms with Crippen LogP contribution in [0.4, 0.5) is 5.69 Å². The highest BCUT2D eigenvalue weighted by atomic mass is 16.5. The van der Waals surface area contributed by atoms with E-state index in [-0.39, 0.29) is 18.6 Å². The van der Waals surface area contributed by atoms with Gasteiger partial charge in [0.25, 0.3) is 0 Å². The maximum atomic E-state index is 12.7. The number of aliphatic hydroxyl groups excluding tert-OH is 1. The molecule has 120 valence electrons. The van der Waals surface area contributed by atoms with Crippen LogP contribution in [0.15, 0.2) is 18.2 Å². The molecule has 2 heterocycles. The molecule has 2 aliphatic rings. The molecule has 0 aliphatic carbocycles. The van der Waals surface area contributed by atoms with Crippen LogP contribution in [0.5, 0.6) is 5.75 Å². The highest BCUT2D eigenvalue weighted by Gasteiger charge is 2.29. The molecule has 1 aromatic carbocycles. The molecule has 1 fully saturated rings. The van der Waals surface area contributed by atoms with Gasteiger partial charge in [0.05, 0.1) is 20.3 Å². The van der Waals surface area contributed by atoms with E-state index < -0.39 is 0 Å². The Morgan fingerprint density at radius 3 is 3.00 bits per heavy atom. The minimum absolute atomic E-state index is 0.131. The van der Waals surface area contributed by atoms with Crippen LogP contribution in [0.3, 0.4) is 0 Å². The molecule has 0 spiro atoms. The fourth-order valence-corrected chi connectivity index (χ4v) is 3.53. The first-order valence-electron chi connectivity index (χ1n) is 8.05. The van der Waals surface area contributed by atoms with Crippen molar-refractivity contribution in [3.63, 3.8) is 0 Å². The van der Waals surface area contributed by atoms with E-state index in [0.29, 0.717) is 6.54 Å². The molecule has 0 unspecified atom stereocenters. The number of rotatable bonds is 4. The molecule has 1 aromatic rings. The van der Waals surface area contributed by atoms with Gasteiger partial charge in [0, 0.05) is 18.3 Å². The summed E-state index contributed by atoms with van der Waals surface area (Å²) in [4.78, 5) is 16.7. The van der Waals surface area contributed by atoms with Gasteiger partial charge in [0.2, 0.25) is 5.91 Å². The molecule has 5 nitrogen and oxygen atoms in total. The largest absolute Gasteiger partial charge is 0.497 e. The number of amides is 1. The SMILES string of the molecule is COc1ccc2c(c1)CCCN2C(=O)CN1CCC[C@@H]1CO. The highest BCUT2D eigenvalue weighted by Crippen LogP contribution is 2.31. The molecule has 1 atom stereocenters. The Labute approximate surface area is 131 Å². The quantitative estimate of drug-likeness (QED) is 0.914. The Balaban J connectivity index is 1.74. The Hall–Kier alpha value is -1.59. The second-order valence-electron chi connectivity index (χ2n) is 6.09. The lowest BCUT2D eigenvalue weighted by molar-refractivity contribution is -0.120. The monoisotopic (exact) mass is 304 g/mol. The number of hydrogen-bond donors (Lipinski definition) is 1. The fourth-order valence-electron chi connectivity index (χ4n) is 3.53. The van der Waals surface area contributed by atoms with E-state index in [4.69, 9.17) is 4.74 Å². The van der Waals surface area contributed by atoms with E-state index in [2.05, 4.69) is 4.90 Å². The predicted molar refractivity (Wildman–Crippen MR) is 85.3 cm³/mol. The van der Waals surface area contributed by atoms with Gasteiger partial charge in [-0.3, -0.25) is 9.69 Å².